The summed E-state index contributed by atoms with van der Waals surface area (Å²) in [7, 11) is 3.59. The van der Waals surface area contributed by atoms with Crippen LogP contribution in [0.25, 0.3) is 0 Å². The number of nitrogens with zero attached hydrogens (tertiary/aromatic N) is 2. The van der Waals surface area contributed by atoms with Crippen molar-refractivity contribution in [3.63, 3.8) is 0 Å². The average Bonchev–Trinajstić information content (AvgIpc) is 2.86. The van der Waals surface area contributed by atoms with Crippen LogP contribution in [0.4, 0.5) is 0 Å². The molecule has 2 rings (SSSR count). The van der Waals surface area contributed by atoms with Crippen LogP contribution in [0.3, 0.4) is 0 Å². The molecule has 0 aliphatic heterocycles. The molecular formula is C15H22ClN3O2. The van der Waals surface area contributed by atoms with E-state index in [-0.39, 0.29) is 12.4 Å². The van der Waals surface area contributed by atoms with Crippen molar-refractivity contribution in [2.45, 2.75) is 32.7 Å². The molecule has 0 radical (unpaired) electrons. The third kappa shape index (κ3) is 4.72. The predicted octanol–water partition coefficient (Wildman–Crippen LogP) is 2.55. The van der Waals surface area contributed by atoms with E-state index in [0.29, 0.717) is 18.4 Å². The molecule has 1 heterocycles. The maximum Gasteiger partial charge on any atom is 0.231 e. The summed E-state index contributed by atoms with van der Waals surface area (Å²) in [6.07, 6.45) is 1.34. The van der Waals surface area contributed by atoms with Gasteiger partial charge in [0.15, 0.2) is 5.82 Å². The van der Waals surface area contributed by atoms with Gasteiger partial charge in [0.2, 0.25) is 5.89 Å². The Morgan fingerprint density at radius 2 is 2.14 bits per heavy atom. The van der Waals surface area contributed by atoms with E-state index in [9.17, 15) is 0 Å². The number of aryl methyl sites for hydroxylation is 1. The number of methoxy groups -OCH3 is 1. The highest BCUT2D eigenvalue weighted by Crippen LogP contribution is 2.22. The van der Waals surface area contributed by atoms with Gasteiger partial charge in [0.05, 0.1) is 13.5 Å². The molecule has 21 heavy (non-hydrogen) atoms. The van der Waals surface area contributed by atoms with Crippen LogP contribution in [0.2, 0.25) is 0 Å². The van der Waals surface area contributed by atoms with Gasteiger partial charge >= 0.3 is 0 Å². The second-order valence-electron chi connectivity index (χ2n) is 4.99. The lowest BCUT2D eigenvalue weighted by molar-refractivity contribution is 0.372. The van der Waals surface area contributed by atoms with Crippen LogP contribution >= 0.6 is 12.4 Å². The molecule has 0 saturated carbocycles. The van der Waals surface area contributed by atoms with Crippen molar-refractivity contribution in [1.29, 1.82) is 0 Å². The molecule has 6 heteroatoms. The topological polar surface area (TPSA) is 60.2 Å². The van der Waals surface area contributed by atoms with Crippen LogP contribution in [0.5, 0.6) is 5.75 Å². The number of nitrogens with one attached hydrogen (secondary N) is 1. The van der Waals surface area contributed by atoms with Crippen LogP contribution in [0.15, 0.2) is 22.7 Å². The first-order chi connectivity index (χ1) is 9.62. The summed E-state index contributed by atoms with van der Waals surface area (Å²) in [6.45, 7) is 4.14. The van der Waals surface area contributed by atoms with Crippen LogP contribution in [-0.4, -0.2) is 30.3 Å². The van der Waals surface area contributed by atoms with Crippen molar-refractivity contribution in [2.24, 2.45) is 0 Å². The third-order valence-electron chi connectivity index (χ3n) is 3.27. The molecule has 0 amide bonds. The number of ether oxygens (including phenoxy) is 1. The second kappa shape index (κ2) is 8.00. The highest BCUT2D eigenvalue weighted by Gasteiger charge is 2.12. The van der Waals surface area contributed by atoms with Crippen LogP contribution in [-0.2, 0) is 12.8 Å². The maximum atomic E-state index is 5.36. The average molecular weight is 312 g/mol. The molecule has 0 aliphatic rings. The molecule has 5 nitrogen and oxygen atoms in total. The van der Waals surface area contributed by atoms with E-state index in [1.165, 1.54) is 5.56 Å². The minimum absolute atomic E-state index is 0. The van der Waals surface area contributed by atoms with E-state index in [1.807, 2.05) is 19.2 Å². The van der Waals surface area contributed by atoms with Gasteiger partial charge in [-0.15, -0.1) is 12.4 Å². The summed E-state index contributed by atoms with van der Waals surface area (Å²) in [4.78, 5) is 4.43. The molecular weight excluding hydrogens is 290 g/mol. The summed E-state index contributed by atoms with van der Waals surface area (Å²) >= 11 is 0. The Morgan fingerprint density at radius 1 is 1.38 bits per heavy atom. The van der Waals surface area contributed by atoms with E-state index in [4.69, 9.17) is 9.26 Å². The standard InChI is InChI=1S/C15H21N3O2.ClH/c1-10-5-6-13(19-4)12(7-10)9-15-17-14(18-20-15)8-11(2)16-3;/h5-7,11,16H,8-9H2,1-4H3;1H. The first-order valence-corrected chi connectivity index (χ1v) is 6.74. The summed E-state index contributed by atoms with van der Waals surface area (Å²) in [5, 5.41) is 7.17. The smallest absolute Gasteiger partial charge is 0.231 e. The summed E-state index contributed by atoms with van der Waals surface area (Å²) < 4.78 is 10.7. The van der Waals surface area contributed by atoms with Crippen LogP contribution < -0.4 is 10.1 Å². The highest BCUT2D eigenvalue weighted by atomic mass is 35.5. The molecule has 2 aromatic rings. The molecule has 0 aliphatic carbocycles. The lowest BCUT2D eigenvalue weighted by Crippen LogP contribution is -2.24. The summed E-state index contributed by atoms with van der Waals surface area (Å²) in [5.74, 6) is 2.19. The Balaban J connectivity index is 0.00000220. The summed E-state index contributed by atoms with van der Waals surface area (Å²) in [6, 6.07) is 6.40. The molecule has 0 spiro atoms. The zero-order valence-corrected chi connectivity index (χ0v) is 13.7. The number of benzene rings is 1. The van der Waals surface area contributed by atoms with Gasteiger partial charge in [-0.3, -0.25) is 0 Å². The van der Waals surface area contributed by atoms with Gasteiger partial charge in [-0.1, -0.05) is 22.9 Å². The lowest BCUT2D eigenvalue weighted by atomic mass is 10.1. The van der Waals surface area contributed by atoms with Crippen molar-refractivity contribution in [1.82, 2.24) is 15.5 Å². The van der Waals surface area contributed by atoms with Crippen molar-refractivity contribution in [3.8, 4) is 5.75 Å². The SMILES string of the molecule is CNC(C)Cc1noc(Cc2cc(C)ccc2OC)n1.Cl. The number of hydrogen-bond donors (Lipinski definition) is 1. The van der Waals surface area contributed by atoms with Gasteiger partial charge in [-0.2, -0.15) is 4.98 Å². The van der Waals surface area contributed by atoms with Crippen LogP contribution in [0, 0.1) is 6.92 Å². The predicted molar refractivity (Wildman–Crippen MR) is 84.3 cm³/mol. The van der Waals surface area contributed by atoms with Crippen molar-refractivity contribution in [2.75, 3.05) is 14.2 Å². The fourth-order valence-corrected chi connectivity index (χ4v) is 2.03. The van der Waals surface area contributed by atoms with E-state index in [1.54, 1.807) is 7.11 Å². The van der Waals surface area contributed by atoms with Crippen molar-refractivity contribution < 1.29 is 9.26 Å². The zero-order valence-electron chi connectivity index (χ0n) is 12.8. The monoisotopic (exact) mass is 311 g/mol. The molecule has 0 saturated heterocycles. The van der Waals surface area contributed by atoms with E-state index in [0.717, 1.165) is 23.6 Å². The van der Waals surface area contributed by atoms with E-state index in [2.05, 4.69) is 35.4 Å². The fraction of sp³-hybridized carbons (Fsp3) is 0.467. The number of likely N-dealkylation sites (N-methyl/N-ethyl adjacent to an activating group) is 1. The number of rotatable bonds is 6. The van der Waals surface area contributed by atoms with Gasteiger partial charge in [-0.25, -0.2) is 0 Å². The van der Waals surface area contributed by atoms with Gasteiger partial charge in [0.1, 0.15) is 5.75 Å². The number of hydrogen-bond acceptors (Lipinski definition) is 5. The largest absolute Gasteiger partial charge is 0.496 e. The molecule has 0 bridgehead atoms. The number of aromatic nitrogens is 2. The zero-order chi connectivity index (χ0) is 14.5. The molecule has 1 unspecified atom stereocenters. The Hall–Kier alpha value is -1.59. The van der Waals surface area contributed by atoms with E-state index < -0.39 is 0 Å². The summed E-state index contributed by atoms with van der Waals surface area (Å²) in [5.41, 5.74) is 2.24. The first kappa shape index (κ1) is 17.5. The van der Waals surface area contributed by atoms with E-state index >= 15 is 0 Å². The fourth-order valence-electron chi connectivity index (χ4n) is 2.03. The van der Waals surface area contributed by atoms with Crippen molar-refractivity contribution in [3.05, 3.63) is 41.0 Å². The van der Waals surface area contributed by atoms with Gasteiger partial charge in [0, 0.05) is 18.0 Å². The molecule has 1 aromatic carbocycles. The number of halogens is 1. The molecule has 0 fully saturated rings. The first-order valence-electron chi connectivity index (χ1n) is 6.74. The Kier molecular flexibility index (Phi) is 6.65. The second-order valence-corrected chi connectivity index (χ2v) is 4.99. The Bertz CT molecular complexity index is 572. The normalized spacial score (nSPS) is 11.8. The minimum atomic E-state index is 0. The lowest BCUT2D eigenvalue weighted by Gasteiger charge is -2.07. The van der Waals surface area contributed by atoms with Gasteiger partial charge in [-0.05, 0) is 27.0 Å². The highest BCUT2D eigenvalue weighted by molar-refractivity contribution is 5.85. The quantitative estimate of drug-likeness (QED) is 0.888. The Labute approximate surface area is 131 Å². The van der Waals surface area contributed by atoms with Gasteiger partial charge < -0.3 is 14.6 Å². The molecule has 1 aromatic heterocycles. The maximum absolute atomic E-state index is 5.36. The van der Waals surface area contributed by atoms with Gasteiger partial charge in [0.25, 0.3) is 0 Å². The Morgan fingerprint density at radius 3 is 2.81 bits per heavy atom. The third-order valence-corrected chi connectivity index (χ3v) is 3.27. The van der Waals surface area contributed by atoms with Crippen LogP contribution in [0.1, 0.15) is 29.8 Å². The van der Waals surface area contributed by atoms with Crippen molar-refractivity contribution >= 4 is 12.4 Å². The minimum Gasteiger partial charge on any atom is -0.496 e. The molecule has 1 N–H and O–H groups in total. The molecule has 116 valence electrons. The molecule has 1 atom stereocenters.